The van der Waals surface area contributed by atoms with Crippen molar-refractivity contribution in [1.82, 2.24) is 13.8 Å². The van der Waals surface area contributed by atoms with Crippen LogP contribution >= 0.6 is 0 Å². The Morgan fingerprint density at radius 1 is 1.10 bits per heavy atom. The predicted octanol–water partition coefficient (Wildman–Crippen LogP) is 4.13. The van der Waals surface area contributed by atoms with Crippen LogP contribution in [0.1, 0.15) is 73.5 Å². The van der Waals surface area contributed by atoms with Crippen LogP contribution in [0.5, 0.6) is 0 Å². The Bertz CT molecular complexity index is 1030. The molecular formula is C24H33N3O3S. The van der Waals surface area contributed by atoms with Crippen LogP contribution in [-0.2, 0) is 23.6 Å². The summed E-state index contributed by atoms with van der Waals surface area (Å²) in [4.78, 5) is 15.6. The zero-order chi connectivity index (χ0) is 22.2. The van der Waals surface area contributed by atoms with Gasteiger partial charge in [0.1, 0.15) is 10.6 Å². The molecule has 1 saturated carbocycles. The summed E-state index contributed by atoms with van der Waals surface area (Å²) in [5, 5.41) is 0. The van der Waals surface area contributed by atoms with E-state index in [1.54, 1.807) is 28.2 Å². The minimum atomic E-state index is -3.56. The summed E-state index contributed by atoms with van der Waals surface area (Å²) in [5.74, 6) is 0.372. The van der Waals surface area contributed by atoms with E-state index in [9.17, 15) is 13.2 Å². The van der Waals surface area contributed by atoms with Gasteiger partial charge in [0, 0.05) is 38.9 Å². The Morgan fingerprint density at radius 3 is 2.32 bits per heavy atom. The molecule has 31 heavy (non-hydrogen) atoms. The molecule has 2 aromatic rings. The Hall–Kier alpha value is -2.12. The lowest BCUT2D eigenvalue weighted by Gasteiger charge is -2.25. The number of benzene rings is 1. The molecule has 2 fully saturated rings. The average Bonchev–Trinajstić information content (AvgIpc) is 3.53. The van der Waals surface area contributed by atoms with Gasteiger partial charge in [0.25, 0.3) is 5.91 Å². The zero-order valence-corrected chi connectivity index (χ0v) is 19.6. The second kappa shape index (κ2) is 8.79. The molecule has 7 heteroatoms. The number of aromatic nitrogens is 1. The summed E-state index contributed by atoms with van der Waals surface area (Å²) >= 11 is 0. The highest BCUT2D eigenvalue weighted by Gasteiger charge is 2.35. The van der Waals surface area contributed by atoms with Crippen molar-refractivity contribution in [2.75, 3.05) is 13.1 Å². The first-order chi connectivity index (χ1) is 14.8. The van der Waals surface area contributed by atoms with Gasteiger partial charge in [-0.25, -0.2) is 8.42 Å². The normalized spacial score (nSPS) is 17.8. The molecule has 6 nitrogen and oxygen atoms in total. The molecule has 0 N–H and O–H groups in total. The minimum Gasteiger partial charge on any atom is -0.345 e. The minimum absolute atomic E-state index is 0.0990. The molecule has 0 radical (unpaired) electrons. The van der Waals surface area contributed by atoms with E-state index in [4.69, 9.17) is 0 Å². The van der Waals surface area contributed by atoms with Crippen molar-refractivity contribution in [3.63, 3.8) is 0 Å². The largest absolute Gasteiger partial charge is 0.345 e. The van der Waals surface area contributed by atoms with E-state index >= 15 is 0 Å². The first-order valence-corrected chi connectivity index (χ1v) is 12.8. The second-order valence-electron chi connectivity index (χ2n) is 9.20. The van der Waals surface area contributed by atoms with E-state index < -0.39 is 10.0 Å². The van der Waals surface area contributed by atoms with E-state index in [0.717, 1.165) is 37.7 Å². The Morgan fingerprint density at radius 2 is 1.74 bits per heavy atom. The van der Waals surface area contributed by atoms with Crippen LogP contribution in [0.3, 0.4) is 0 Å². The molecule has 4 rings (SSSR count). The van der Waals surface area contributed by atoms with Crippen LogP contribution < -0.4 is 0 Å². The Labute approximate surface area is 185 Å². The first kappa shape index (κ1) is 22.1. The van der Waals surface area contributed by atoms with Crippen LogP contribution in [0.4, 0.5) is 0 Å². The molecule has 2 heterocycles. The van der Waals surface area contributed by atoms with Crippen LogP contribution in [0, 0.1) is 0 Å². The van der Waals surface area contributed by atoms with Gasteiger partial charge in [-0.2, -0.15) is 4.31 Å². The van der Waals surface area contributed by atoms with Gasteiger partial charge in [-0.15, -0.1) is 0 Å². The third kappa shape index (κ3) is 4.72. The van der Waals surface area contributed by atoms with E-state index in [1.807, 2.05) is 4.90 Å². The lowest BCUT2D eigenvalue weighted by atomic mass is 10.0. The predicted molar refractivity (Wildman–Crippen MR) is 121 cm³/mol. The quantitative estimate of drug-likeness (QED) is 0.646. The highest BCUT2D eigenvalue weighted by atomic mass is 32.2. The number of aryl methyl sites for hydroxylation is 1. The fraction of sp³-hybridized carbons (Fsp3) is 0.542. The number of hydrogen-bond donors (Lipinski definition) is 0. The van der Waals surface area contributed by atoms with Crippen molar-refractivity contribution < 1.29 is 13.2 Å². The molecule has 0 atom stereocenters. The highest BCUT2D eigenvalue weighted by molar-refractivity contribution is 7.89. The average molecular weight is 444 g/mol. The zero-order valence-electron chi connectivity index (χ0n) is 18.8. The maximum absolute atomic E-state index is 13.4. The summed E-state index contributed by atoms with van der Waals surface area (Å²) in [6.45, 7) is 5.99. The van der Waals surface area contributed by atoms with Gasteiger partial charge in [0.15, 0.2) is 0 Å². The smallest absolute Gasteiger partial charge is 0.271 e. The van der Waals surface area contributed by atoms with Crippen LogP contribution in [0.25, 0.3) is 0 Å². The highest BCUT2D eigenvalue weighted by Crippen LogP contribution is 2.31. The summed E-state index contributed by atoms with van der Waals surface area (Å²) in [5.41, 5.74) is 2.81. The Kier molecular flexibility index (Phi) is 6.26. The number of nitrogens with zero attached hydrogens (tertiary/aromatic N) is 3. The van der Waals surface area contributed by atoms with Gasteiger partial charge in [0.2, 0.25) is 10.0 Å². The number of sulfonamides is 1. The van der Waals surface area contributed by atoms with Gasteiger partial charge >= 0.3 is 0 Å². The fourth-order valence-corrected chi connectivity index (χ4v) is 5.84. The van der Waals surface area contributed by atoms with Gasteiger partial charge in [-0.3, -0.25) is 4.79 Å². The van der Waals surface area contributed by atoms with Crippen molar-refractivity contribution >= 4 is 15.9 Å². The van der Waals surface area contributed by atoms with E-state index in [1.165, 1.54) is 5.56 Å². The molecule has 1 amide bonds. The molecule has 1 aliphatic carbocycles. The summed E-state index contributed by atoms with van der Waals surface area (Å²) in [6, 6.07) is 10.2. The fourth-order valence-electron chi connectivity index (χ4n) is 4.25. The molecule has 1 saturated heterocycles. The molecular weight excluding hydrogens is 410 g/mol. The molecule has 1 aromatic carbocycles. The number of rotatable bonds is 7. The van der Waals surface area contributed by atoms with Gasteiger partial charge in [0.05, 0.1) is 0 Å². The van der Waals surface area contributed by atoms with E-state index in [2.05, 4.69) is 38.1 Å². The van der Waals surface area contributed by atoms with Crippen molar-refractivity contribution in [2.24, 2.45) is 7.05 Å². The monoisotopic (exact) mass is 443 g/mol. The van der Waals surface area contributed by atoms with Crippen molar-refractivity contribution in [3.8, 4) is 0 Å². The maximum atomic E-state index is 13.4. The molecule has 2 aliphatic rings. The van der Waals surface area contributed by atoms with E-state index in [0.29, 0.717) is 31.2 Å². The Balaban J connectivity index is 1.55. The standard InChI is InChI=1S/C24H33N3O3S/c1-18(2)20-9-7-19(8-10-20)16-27(21-11-12-21)24(28)23-15-22(17-25(23)3)31(29,30)26-13-5-4-6-14-26/h7-10,15,17-18,21H,4-6,11-14,16H2,1-3H3. The summed E-state index contributed by atoms with van der Waals surface area (Å²) < 4.78 is 29.3. The van der Waals surface area contributed by atoms with Crippen molar-refractivity contribution in [1.29, 1.82) is 0 Å². The molecule has 0 spiro atoms. The van der Waals surface area contributed by atoms with E-state index in [-0.39, 0.29) is 16.8 Å². The van der Waals surface area contributed by atoms with Crippen LogP contribution in [0.15, 0.2) is 41.4 Å². The molecule has 1 aromatic heterocycles. The molecule has 168 valence electrons. The lowest BCUT2D eigenvalue weighted by Crippen LogP contribution is -2.35. The van der Waals surface area contributed by atoms with Crippen LogP contribution in [-0.4, -0.2) is 47.2 Å². The second-order valence-corrected chi connectivity index (χ2v) is 11.1. The first-order valence-electron chi connectivity index (χ1n) is 11.3. The topological polar surface area (TPSA) is 62.6 Å². The number of carbonyl (C=O) groups is 1. The maximum Gasteiger partial charge on any atom is 0.271 e. The van der Waals surface area contributed by atoms with Gasteiger partial charge in [-0.1, -0.05) is 44.5 Å². The van der Waals surface area contributed by atoms with Crippen LogP contribution in [0.2, 0.25) is 0 Å². The van der Waals surface area contributed by atoms with Crippen molar-refractivity contribution in [3.05, 3.63) is 53.3 Å². The number of piperidine rings is 1. The number of hydrogen-bond acceptors (Lipinski definition) is 3. The number of carbonyl (C=O) groups excluding carboxylic acids is 1. The van der Waals surface area contributed by atoms with Gasteiger partial charge in [-0.05, 0) is 48.8 Å². The van der Waals surface area contributed by atoms with Gasteiger partial charge < -0.3 is 9.47 Å². The lowest BCUT2D eigenvalue weighted by molar-refractivity contribution is 0.0720. The third-order valence-electron chi connectivity index (χ3n) is 6.40. The summed E-state index contributed by atoms with van der Waals surface area (Å²) in [6.07, 6.45) is 6.43. The molecule has 0 bridgehead atoms. The molecule has 1 aliphatic heterocycles. The van der Waals surface area contributed by atoms with Crippen molar-refractivity contribution in [2.45, 2.75) is 69.4 Å². The number of amides is 1. The SMILES string of the molecule is CC(C)c1ccc(CN(C(=O)c2cc(S(=O)(=O)N3CCCCC3)cn2C)C2CC2)cc1. The summed E-state index contributed by atoms with van der Waals surface area (Å²) in [7, 11) is -1.80. The third-order valence-corrected chi connectivity index (χ3v) is 8.26. The molecule has 0 unspecified atom stereocenters.